The molecule has 0 spiro atoms. The molecule has 1 aliphatic rings. The summed E-state index contributed by atoms with van der Waals surface area (Å²) in [7, 11) is 0. The van der Waals surface area contributed by atoms with Crippen molar-refractivity contribution in [1.82, 2.24) is 0 Å². The summed E-state index contributed by atoms with van der Waals surface area (Å²) in [5, 5.41) is 4.70. The van der Waals surface area contributed by atoms with E-state index >= 15 is 0 Å². The maximum Gasteiger partial charge on any atom is 0.241 e. The predicted molar refractivity (Wildman–Crippen MR) is 107 cm³/mol. The first-order valence-electron chi connectivity index (χ1n) is 9.28. The van der Waals surface area contributed by atoms with Gasteiger partial charge in [0.05, 0.1) is 0 Å². The van der Waals surface area contributed by atoms with Crippen molar-refractivity contribution in [2.75, 3.05) is 6.61 Å². The van der Waals surface area contributed by atoms with Crippen molar-refractivity contribution in [1.29, 1.82) is 0 Å². The summed E-state index contributed by atoms with van der Waals surface area (Å²) in [5.74, 6) is 1.48. The van der Waals surface area contributed by atoms with Crippen LogP contribution in [0.15, 0.2) is 78.9 Å². The van der Waals surface area contributed by atoms with Crippen LogP contribution in [-0.4, -0.2) is 12.9 Å². The van der Waals surface area contributed by atoms with Gasteiger partial charge in [-0.1, -0.05) is 54.6 Å². The van der Waals surface area contributed by atoms with Crippen molar-refractivity contribution in [3.63, 3.8) is 0 Å². The highest BCUT2D eigenvalue weighted by molar-refractivity contribution is 5.99. The Labute approximate surface area is 158 Å². The lowest BCUT2D eigenvalue weighted by atomic mass is 10.0. The maximum atomic E-state index is 6.35. The summed E-state index contributed by atoms with van der Waals surface area (Å²) in [6, 6.07) is 26.9. The van der Waals surface area contributed by atoms with Crippen molar-refractivity contribution in [2.45, 2.75) is 19.3 Å². The highest BCUT2D eigenvalue weighted by Gasteiger charge is 2.33. The third-order valence-corrected chi connectivity index (χ3v) is 4.97. The number of hydrogen-bond acceptors (Lipinski definition) is 3. The van der Waals surface area contributed by atoms with Gasteiger partial charge in [0.25, 0.3) is 0 Å². The number of rotatable bonds is 3. The minimum atomic E-state index is -0.470. The minimum absolute atomic E-state index is 0.295. The fraction of sp³-hybridized carbons (Fsp3) is 0.167. The molecule has 1 aliphatic heterocycles. The fourth-order valence-electron chi connectivity index (χ4n) is 3.67. The zero-order chi connectivity index (χ0) is 18.2. The number of hydrogen-bond donors (Lipinski definition) is 0. The van der Waals surface area contributed by atoms with Crippen LogP contribution < -0.4 is 9.47 Å². The number of ether oxygens (including phenoxy) is 3. The Morgan fingerprint density at radius 2 is 1.30 bits per heavy atom. The van der Waals surface area contributed by atoms with Gasteiger partial charge in [-0.3, -0.25) is 0 Å². The first-order valence-corrected chi connectivity index (χ1v) is 9.28. The molecule has 5 rings (SSSR count). The van der Waals surface area contributed by atoms with E-state index < -0.39 is 6.29 Å². The second-order valence-corrected chi connectivity index (χ2v) is 6.74. The van der Waals surface area contributed by atoms with Crippen molar-refractivity contribution >= 4 is 21.5 Å². The van der Waals surface area contributed by atoms with E-state index in [0.717, 1.165) is 27.8 Å². The molecule has 0 saturated heterocycles. The van der Waals surface area contributed by atoms with Crippen LogP contribution >= 0.6 is 0 Å². The Kier molecular flexibility index (Phi) is 3.95. The molecule has 3 nitrogen and oxygen atoms in total. The molecule has 27 heavy (non-hydrogen) atoms. The third kappa shape index (κ3) is 2.90. The van der Waals surface area contributed by atoms with Gasteiger partial charge in [0.15, 0.2) is 17.6 Å². The van der Waals surface area contributed by atoms with Crippen LogP contribution in [0.3, 0.4) is 0 Å². The van der Waals surface area contributed by atoms with Crippen molar-refractivity contribution < 1.29 is 14.2 Å². The number of fused-ring (bicyclic) bond motifs is 3. The fourth-order valence-corrected chi connectivity index (χ4v) is 3.67. The standard InChI is InChI=1S/C24H20O3/c1-2-25-24-23(16-8-4-3-5-9-16)26-21-14-19-12-17-10-6-7-11-18(17)13-20(19)15-22(21)27-24/h3-15,23-24H,2H2,1H3/t23-,24+/m0/s1. The van der Waals surface area contributed by atoms with Gasteiger partial charge in [-0.15, -0.1) is 0 Å². The normalized spacial score (nSPS) is 18.7. The third-order valence-electron chi connectivity index (χ3n) is 4.97. The highest BCUT2D eigenvalue weighted by atomic mass is 16.7. The van der Waals surface area contributed by atoms with E-state index in [9.17, 15) is 0 Å². The SMILES string of the molecule is CCO[C@@H]1Oc2cc3cc4ccccc4cc3cc2O[C@H]1c1ccccc1. The van der Waals surface area contributed by atoms with E-state index in [-0.39, 0.29) is 6.10 Å². The molecule has 0 aliphatic carbocycles. The molecule has 0 unspecified atom stereocenters. The summed E-state index contributed by atoms with van der Waals surface area (Å²) in [5.41, 5.74) is 1.04. The van der Waals surface area contributed by atoms with Crippen LogP contribution in [0, 0.1) is 0 Å². The summed E-state index contributed by atoms with van der Waals surface area (Å²) in [6.07, 6.45) is -0.764. The van der Waals surface area contributed by atoms with Gasteiger partial charge < -0.3 is 14.2 Å². The molecule has 1 heterocycles. The highest BCUT2D eigenvalue weighted by Crippen LogP contribution is 2.42. The molecule has 0 radical (unpaired) electrons. The van der Waals surface area contributed by atoms with Crippen LogP contribution in [0.4, 0.5) is 0 Å². The van der Waals surface area contributed by atoms with Gasteiger partial charge in [0.1, 0.15) is 0 Å². The lowest BCUT2D eigenvalue weighted by Gasteiger charge is -2.34. The maximum absolute atomic E-state index is 6.35. The second-order valence-electron chi connectivity index (χ2n) is 6.74. The molecule has 2 atom stereocenters. The predicted octanol–water partition coefficient (Wildman–Crippen LogP) is 5.87. The average molecular weight is 356 g/mol. The molecule has 4 aromatic rings. The Morgan fingerprint density at radius 1 is 0.704 bits per heavy atom. The molecule has 0 amide bonds. The van der Waals surface area contributed by atoms with E-state index in [2.05, 4.69) is 42.5 Å². The van der Waals surface area contributed by atoms with Gasteiger partial charge in [-0.05, 0) is 58.3 Å². The topological polar surface area (TPSA) is 27.7 Å². The Morgan fingerprint density at radius 3 is 1.93 bits per heavy atom. The monoisotopic (exact) mass is 356 g/mol. The first-order chi connectivity index (χ1) is 13.3. The van der Waals surface area contributed by atoms with Crippen LogP contribution in [0.1, 0.15) is 18.6 Å². The summed E-state index contributed by atoms with van der Waals surface area (Å²) < 4.78 is 18.4. The molecule has 134 valence electrons. The van der Waals surface area contributed by atoms with E-state index in [0.29, 0.717) is 6.61 Å². The van der Waals surface area contributed by atoms with Crippen LogP contribution in [0.5, 0.6) is 11.5 Å². The van der Waals surface area contributed by atoms with Crippen LogP contribution in [0.2, 0.25) is 0 Å². The minimum Gasteiger partial charge on any atom is -0.475 e. The molecular weight excluding hydrogens is 336 g/mol. The van der Waals surface area contributed by atoms with E-state index in [4.69, 9.17) is 14.2 Å². The Bertz CT molecular complexity index is 1100. The van der Waals surface area contributed by atoms with Gasteiger partial charge >= 0.3 is 0 Å². The van der Waals surface area contributed by atoms with Crippen molar-refractivity contribution in [2.24, 2.45) is 0 Å². The lowest BCUT2D eigenvalue weighted by Crippen LogP contribution is -2.35. The van der Waals surface area contributed by atoms with E-state index in [1.54, 1.807) is 0 Å². The zero-order valence-corrected chi connectivity index (χ0v) is 15.1. The number of benzene rings is 4. The zero-order valence-electron chi connectivity index (χ0n) is 15.1. The van der Waals surface area contributed by atoms with E-state index in [1.165, 1.54) is 10.8 Å². The van der Waals surface area contributed by atoms with Gasteiger partial charge in [-0.2, -0.15) is 0 Å². The van der Waals surface area contributed by atoms with Gasteiger partial charge in [-0.25, -0.2) is 0 Å². The molecule has 4 aromatic carbocycles. The molecule has 3 heteroatoms. The van der Waals surface area contributed by atoms with Gasteiger partial charge in [0.2, 0.25) is 6.29 Å². The molecule has 0 fully saturated rings. The molecule has 0 aromatic heterocycles. The average Bonchev–Trinajstić information content (AvgIpc) is 2.71. The van der Waals surface area contributed by atoms with Crippen LogP contribution in [-0.2, 0) is 4.74 Å². The first kappa shape index (κ1) is 16.2. The Balaban J connectivity index is 1.62. The molecular formula is C24H20O3. The summed E-state index contributed by atoms with van der Waals surface area (Å²) in [4.78, 5) is 0. The quantitative estimate of drug-likeness (QED) is 0.430. The summed E-state index contributed by atoms with van der Waals surface area (Å²) in [6.45, 7) is 2.53. The van der Waals surface area contributed by atoms with Crippen molar-refractivity contribution in [3.05, 3.63) is 84.4 Å². The Hall–Kier alpha value is -3.04. The smallest absolute Gasteiger partial charge is 0.241 e. The second kappa shape index (κ2) is 6.60. The molecule has 0 bridgehead atoms. The summed E-state index contributed by atoms with van der Waals surface area (Å²) >= 11 is 0. The molecule has 0 N–H and O–H groups in total. The lowest BCUT2D eigenvalue weighted by molar-refractivity contribution is -0.151. The van der Waals surface area contributed by atoms with Crippen molar-refractivity contribution in [3.8, 4) is 11.5 Å². The van der Waals surface area contributed by atoms with Gasteiger partial charge in [0, 0.05) is 6.61 Å². The largest absolute Gasteiger partial charge is 0.475 e. The van der Waals surface area contributed by atoms with Crippen LogP contribution in [0.25, 0.3) is 21.5 Å². The molecule has 0 saturated carbocycles. The van der Waals surface area contributed by atoms with E-state index in [1.807, 2.05) is 43.3 Å².